The van der Waals surface area contributed by atoms with Crippen LogP contribution in [0.5, 0.6) is 0 Å². The van der Waals surface area contributed by atoms with E-state index in [1.807, 2.05) is 45.0 Å². The van der Waals surface area contributed by atoms with E-state index in [-0.39, 0.29) is 5.91 Å². The summed E-state index contributed by atoms with van der Waals surface area (Å²) in [6, 6.07) is 11.3. The fourth-order valence-corrected chi connectivity index (χ4v) is 2.50. The highest BCUT2D eigenvalue weighted by Gasteiger charge is 2.18. The van der Waals surface area contributed by atoms with E-state index >= 15 is 0 Å². The molecule has 5 heteroatoms. The first-order valence-electron chi connectivity index (χ1n) is 8.18. The predicted molar refractivity (Wildman–Crippen MR) is 93.4 cm³/mol. The van der Waals surface area contributed by atoms with Crippen LogP contribution in [0, 0.1) is 13.8 Å². The fourth-order valence-electron chi connectivity index (χ4n) is 2.50. The maximum absolute atomic E-state index is 12.2. The number of amides is 1. The summed E-state index contributed by atoms with van der Waals surface area (Å²) in [4.78, 5) is 23.9. The van der Waals surface area contributed by atoms with Crippen LogP contribution in [0.15, 0.2) is 36.4 Å². The third-order valence-corrected chi connectivity index (χ3v) is 3.83. The first-order chi connectivity index (χ1) is 11.4. The van der Waals surface area contributed by atoms with Gasteiger partial charge in [0.1, 0.15) is 0 Å². The predicted octanol–water partition coefficient (Wildman–Crippen LogP) is 3.17. The molecule has 0 aliphatic rings. The van der Waals surface area contributed by atoms with Crippen LogP contribution in [0.25, 0.3) is 5.69 Å². The summed E-state index contributed by atoms with van der Waals surface area (Å²) in [6.07, 6.45) is 0.0317. The molecule has 0 spiro atoms. The van der Waals surface area contributed by atoms with E-state index < -0.39 is 12.1 Å². The van der Waals surface area contributed by atoms with Crippen molar-refractivity contribution in [2.24, 2.45) is 0 Å². The number of nitrogens with zero attached hydrogens (tertiary/aromatic N) is 1. The Morgan fingerprint density at radius 2 is 1.67 bits per heavy atom. The van der Waals surface area contributed by atoms with Crippen molar-refractivity contribution in [3.05, 3.63) is 53.3 Å². The zero-order valence-corrected chi connectivity index (χ0v) is 14.6. The van der Waals surface area contributed by atoms with Crippen molar-refractivity contribution >= 4 is 11.9 Å². The van der Waals surface area contributed by atoms with E-state index in [4.69, 9.17) is 4.74 Å². The van der Waals surface area contributed by atoms with Crippen molar-refractivity contribution in [1.82, 2.24) is 9.88 Å². The van der Waals surface area contributed by atoms with E-state index in [1.54, 1.807) is 19.1 Å². The number of hydrogen-bond acceptors (Lipinski definition) is 3. The molecule has 0 saturated carbocycles. The highest BCUT2D eigenvalue weighted by atomic mass is 16.5. The third-order valence-electron chi connectivity index (χ3n) is 3.83. The summed E-state index contributed by atoms with van der Waals surface area (Å²) >= 11 is 0. The molecule has 1 amide bonds. The highest BCUT2D eigenvalue weighted by molar-refractivity contribution is 5.92. The van der Waals surface area contributed by atoms with Gasteiger partial charge in [0.05, 0.1) is 5.56 Å². The van der Waals surface area contributed by atoms with Gasteiger partial charge in [0.2, 0.25) is 0 Å². The minimum absolute atomic E-state index is 0.277. The Kier molecular flexibility index (Phi) is 5.79. The second-order valence-corrected chi connectivity index (χ2v) is 5.84. The van der Waals surface area contributed by atoms with Gasteiger partial charge in [-0.2, -0.15) is 0 Å². The molecule has 128 valence electrons. The molecule has 0 aliphatic heterocycles. The Morgan fingerprint density at radius 3 is 2.21 bits per heavy atom. The number of benzene rings is 1. The molecule has 1 aromatic heterocycles. The van der Waals surface area contributed by atoms with Gasteiger partial charge in [-0.25, -0.2) is 4.79 Å². The van der Waals surface area contributed by atoms with Gasteiger partial charge in [0.25, 0.3) is 5.91 Å². The minimum atomic E-state index is -0.808. The summed E-state index contributed by atoms with van der Waals surface area (Å²) < 4.78 is 7.32. The third kappa shape index (κ3) is 4.04. The highest BCUT2D eigenvalue weighted by Crippen LogP contribution is 2.17. The second-order valence-electron chi connectivity index (χ2n) is 5.84. The molecule has 5 nitrogen and oxygen atoms in total. The van der Waals surface area contributed by atoms with Gasteiger partial charge in [0, 0.05) is 23.6 Å². The number of ether oxygens (including phenoxy) is 1. The van der Waals surface area contributed by atoms with Gasteiger partial charge in [-0.1, -0.05) is 6.92 Å². The normalized spacial score (nSPS) is 11.8. The molecule has 0 aliphatic carbocycles. The zero-order chi connectivity index (χ0) is 17.7. The number of rotatable bonds is 6. The first-order valence-corrected chi connectivity index (χ1v) is 8.18. The number of aryl methyl sites for hydroxylation is 2. The van der Waals surface area contributed by atoms with Gasteiger partial charge in [-0.15, -0.1) is 0 Å². The Balaban J connectivity index is 2.05. The average molecular weight is 328 g/mol. The van der Waals surface area contributed by atoms with Crippen molar-refractivity contribution in [3.63, 3.8) is 0 Å². The number of aromatic nitrogens is 1. The van der Waals surface area contributed by atoms with Crippen molar-refractivity contribution in [2.45, 2.75) is 40.2 Å². The lowest BCUT2D eigenvalue weighted by Gasteiger charge is -2.14. The standard InChI is InChI=1S/C19H24N2O3/c1-5-12-20-18(22)15(4)24-19(23)16-8-10-17(11-9-16)21-13(2)6-7-14(21)3/h6-11,15H,5,12H2,1-4H3,(H,20,22)/t15-/m1/s1. The quantitative estimate of drug-likeness (QED) is 0.829. The summed E-state index contributed by atoms with van der Waals surface area (Å²) in [5.41, 5.74) is 3.67. The molecule has 0 bridgehead atoms. The molecule has 0 fully saturated rings. The van der Waals surface area contributed by atoms with Crippen LogP contribution in [-0.4, -0.2) is 29.1 Å². The smallest absolute Gasteiger partial charge is 0.338 e. The van der Waals surface area contributed by atoms with E-state index in [2.05, 4.69) is 9.88 Å². The molecule has 24 heavy (non-hydrogen) atoms. The lowest BCUT2D eigenvalue weighted by atomic mass is 10.2. The minimum Gasteiger partial charge on any atom is -0.449 e. The number of hydrogen-bond donors (Lipinski definition) is 1. The van der Waals surface area contributed by atoms with Crippen LogP contribution in [0.2, 0.25) is 0 Å². The van der Waals surface area contributed by atoms with E-state index in [1.165, 1.54) is 0 Å². The first kappa shape index (κ1) is 17.8. The summed E-state index contributed by atoms with van der Waals surface area (Å²) in [6.45, 7) is 8.18. The Hall–Kier alpha value is -2.56. The number of carbonyl (C=O) groups excluding carboxylic acids is 2. The number of carbonyl (C=O) groups is 2. The van der Waals surface area contributed by atoms with Crippen LogP contribution >= 0.6 is 0 Å². The van der Waals surface area contributed by atoms with Gasteiger partial charge in [-0.05, 0) is 63.6 Å². The molecule has 2 rings (SSSR count). The molecule has 0 radical (unpaired) electrons. The van der Waals surface area contributed by atoms with Gasteiger partial charge < -0.3 is 14.6 Å². The number of nitrogens with one attached hydrogen (secondary N) is 1. The molecular weight excluding hydrogens is 304 g/mol. The summed E-state index contributed by atoms with van der Waals surface area (Å²) in [5.74, 6) is -0.776. The zero-order valence-electron chi connectivity index (χ0n) is 14.6. The molecule has 1 atom stereocenters. The molecule has 1 aromatic carbocycles. The van der Waals surface area contributed by atoms with Crippen LogP contribution in [0.1, 0.15) is 42.0 Å². The van der Waals surface area contributed by atoms with Crippen molar-refractivity contribution in [3.8, 4) is 5.69 Å². The monoisotopic (exact) mass is 328 g/mol. The van der Waals surface area contributed by atoms with Crippen LogP contribution in [0.3, 0.4) is 0 Å². The maximum atomic E-state index is 12.2. The van der Waals surface area contributed by atoms with Gasteiger partial charge in [-0.3, -0.25) is 4.79 Å². The Bertz CT molecular complexity index is 697. The molecular formula is C19H24N2O3. The van der Waals surface area contributed by atoms with Crippen molar-refractivity contribution in [1.29, 1.82) is 0 Å². The lowest BCUT2D eigenvalue weighted by Crippen LogP contribution is -2.36. The van der Waals surface area contributed by atoms with Crippen molar-refractivity contribution in [2.75, 3.05) is 6.54 Å². The molecule has 1 heterocycles. The maximum Gasteiger partial charge on any atom is 0.338 e. The molecule has 1 N–H and O–H groups in total. The summed E-state index contributed by atoms with van der Waals surface area (Å²) in [5, 5.41) is 2.71. The van der Waals surface area contributed by atoms with E-state index in [9.17, 15) is 9.59 Å². The average Bonchev–Trinajstić information content (AvgIpc) is 2.91. The van der Waals surface area contributed by atoms with Crippen LogP contribution in [0.4, 0.5) is 0 Å². The molecule has 2 aromatic rings. The van der Waals surface area contributed by atoms with Gasteiger partial charge in [0.15, 0.2) is 6.10 Å². The largest absolute Gasteiger partial charge is 0.449 e. The van der Waals surface area contributed by atoms with Gasteiger partial charge >= 0.3 is 5.97 Å². The SMILES string of the molecule is CCCNC(=O)[C@@H](C)OC(=O)c1ccc(-n2c(C)ccc2C)cc1. The fraction of sp³-hybridized carbons (Fsp3) is 0.368. The molecule has 0 unspecified atom stereocenters. The van der Waals surface area contributed by atoms with Crippen molar-refractivity contribution < 1.29 is 14.3 Å². The number of esters is 1. The second kappa shape index (κ2) is 7.81. The summed E-state index contributed by atoms with van der Waals surface area (Å²) in [7, 11) is 0. The van der Waals surface area contributed by atoms with E-state index in [0.29, 0.717) is 12.1 Å². The Morgan fingerprint density at radius 1 is 1.08 bits per heavy atom. The Labute approximate surface area is 142 Å². The topological polar surface area (TPSA) is 60.3 Å². The lowest BCUT2D eigenvalue weighted by molar-refractivity contribution is -0.129. The molecule has 0 saturated heterocycles. The van der Waals surface area contributed by atoms with Crippen LogP contribution < -0.4 is 5.32 Å². The van der Waals surface area contributed by atoms with E-state index in [0.717, 1.165) is 23.5 Å². The van der Waals surface area contributed by atoms with Crippen LogP contribution in [-0.2, 0) is 9.53 Å².